The van der Waals surface area contributed by atoms with Crippen LogP contribution < -0.4 is 4.74 Å². The topological polar surface area (TPSA) is 66.8 Å². The number of methoxy groups -OCH3 is 1. The number of carboxylic acids is 1. The Morgan fingerprint density at radius 2 is 1.79 bits per heavy atom. The van der Waals surface area contributed by atoms with Crippen LogP contribution in [0.2, 0.25) is 0 Å². The number of carboxylic acid groups (broad SMARTS) is 1. The number of hydrogen-bond acceptors (Lipinski definition) is 3. The highest BCUT2D eigenvalue weighted by molar-refractivity contribution is 5.98. The van der Waals surface area contributed by atoms with Crippen LogP contribution in [-0.4, -0.2) is 34.5 Å². The van der Waals surface area contributed by atoms with Crippen molar-refractivity contribution in [3.8, 4) is 5.75 Å². The molecule has 0 bridgehead atoms. The number of amides is 1. The third-order valence-corrected chi connectivity index (χ3v) is 4.50. The first-order chi connectivity index (χ1) is 11.5. The van der Waals surface area contributed by atoms with Crippen LogP contribution in [-0.2, 0) is 22.6 Å². The summed E-state index contributed by atoms with van der Waals surface area (Å²) < 4.78 is 5.12. The number of nitrogens with zero attached hydrogens (tertiary/aromatic N) is 1. The van der Waals surface area contributed by atoms with Crippen LogP contribution >= 0.6 is 0 Å². The summed E-state index contributed by atoms with van der Waals surface area (Å²) in [7, 11) is 1.59. The van der Waals surface area contributed by atoms with Crippen LogP contribution in [0.4, 0.5) is 0 Å². The van der Waals surface area contributed by atoms with Crippen molar-refractivity contribution >= 4 is 11.9 Å². The highest BCUT2D eigenvalue weighted by atomic mass is 16.5. The van der Waals surface area contributed by atoms with Gasteiger partial charge in [0.2, 0.25) is 5.91 Å². The molecule has 1 heterocycles. The number of carbonyl (C=O) groups excluding carboxylic acids is 1. The van der Waals surface area contributed by atoms with E-state index >= 15 is 0 Å². The summed E-state index contributed by atoms with van der Waals surface area (Å²) in [5, 5.41) is 9.78. The maximum absolute atomic E-state index is 12.1. The van der Waals surface area contributed by atoms with Gasteiger partial charge in [-0.1, -0.05) is 42.5 Å². The van der Waals surface area contributed by atoms with Gasteiger partial charge in [0.1, 0.15) is 5.75 Å². The molecule has 0 aromatic heterocycles. The molecule has 1 aliphatic rings. The summed E-state index contributed by atoms with van der Waals surface area (Å²) in [4.78, 5) is 25.5. The maximum Gasteiger partial charge on any atom is 0.330 e. The Kier molecular flexibility index (Phi) is 4.25. The molecule has 5 nitrogen and oxygen atoms in total. The lowest BCUT2D eigenvalue weighted by molar-refractivity contribution is -0.177. The Hall–Kier alpha value is -2.82. The second-order valence-electron chi connectivity index (χ2n) is 6.00. The SMILES string of the molecule is COc1ccc(CN2C(=O)CC2(Cc2ccccc2)C(=O)O)cc1. The Morgan fingerprint density at radius 3 is 2.33 bits per heavy atom. The lowest BCUT2D eigenvalue weighted by Crippen LogP contribution is -2.68. The predicted octanol–water partition coefficient (Wildman–Crippen LogP) is 2.49. The number of rotatable bonds is 6. The Morgan fingerprint density at radius 1 is 1.12 bits per heavy atom. The van der Waals surface area contributed by atoms with Crippen LogP contribution in [0.5, 0.6) is 5.75 Å². The molecule has 1 N–H and O–H groups in total. The molecule has 2 aromatic carbocycles. The fourth-order valence-corrected chi connectivity index (χ4v) is 3.10. The number of likely N-dealkylation sites (tertiary alicyclic amines) is 1. The zero-order valence-electron chi connectivity index (χ0n) is 13.4. The van der Waals surface area contributed by atoms with Crippen LogP contribution in [0, 0.1) is 0 Å². The summed E-state index contributed by atoms with van der Waals surface area (Å²) in [5.41, 5.74) is 0.618. The first-order valence-corrected chi connectivity index (χ1v) is 7.76. The average molecular weight is 325 g/mol. The molecule has 0 saturated carbocycles. The molecule has 5 heteroatoms. The first-order valence-electron chi connectivity index (χ1n) is 7.76. The van der Waals surface area contributed by atoms with Gasteiger partial charge in [-0.15, -0.1) is 0 Å². The lowest BCUT2D eigenvalue weighted by Gasteiger charge is -2.49. The molecule has 2 aromatic rings. The van der Waals surface area contributed by atoms with E-state index in [9.17, 15) is 14.7 Å². The van der Waals surface area contributed by atoms with Crippen LogP contribution in [0.25, 0.3) is 0 Å². The Labute approximate surface area is 140 Å². The van der Waals surface area contributed by atoms with Gasteiger partial charge >= 0.3 is 5.97 Å². The van der Waals surface area contributed by atoms with E-state index in [-0.39, 0.29) is 18.9 Å². The number of β-lactam (4-membered cyclic amide) rings is 1. The van der Waals surface area contributed by atoms with E-state index < -0.39 is 11.5 Å². The van der Waals surface area contributed by atoms with Gasteiger partial charge in [-0.3, -0.25) is 4.79 Å². The van der Waals surface area contributed by atoms with Gasteiger partial charge < -0.3 is 14.7 Å². The Bertz CT molecular complexity index is 742. The van der Waals surface area contributed by atoms with Gasteiger partial charge in [-0.05, 0) is 23.3 Å². The molecule has 24 heavy (non-hydrogen) atoms. The molecule has 0 radical (unpaired) electrons. The van der Waals surface area contributed by atoms with E-state index in [0.29, 0.717) is 6.42 Å². The summed E-state index contributed by atoms with van der Waals surface area (Å²) >= 11 is 0. The van der Waals surface area contributed by atoms with Gasteiger partial charge in [0.25, 0.3) is 0 Å². The maximum atomic E-state index is 12.1. The standard InChI is InChI=1S/C19H19NO4/c1-24-16-9-7-15(8-10-16)13-20-17(21)12-19(20,18(22)23)11-14-5-3-2-4-6-14/h2-10H,11-13H2,1H3,(H,22,23). The van der Waals surface area contributed by atoms with E-state index in [4.69, 9.17) is 4.74 Å². The number of hydrogen-bond donors (Lipinski definition) is 1. The van der Waals surface area contributed by atoms with Gasteiger partial charge in [-0.25, -0.2) is 4.79 Å². The van der Waals surface area contributed by atoms with E-state index in [0.717, 1.165) is 16.9 Å². The minimum atomic E-state index is -1.17. The molecule has 1 unspecified atom stereocenters. The first kappa shape index (κ1) is 16.1. The quantitative estimate of drug-likeness (QED) is 0.829. The third-order valence-electron chi connectivity index (χ3n) is 4.50. The number of carbonyl (C=O) groups is 2. The van der Waals surface area contributed by atoms with Crippen molar-refractivity contribution in [2.24, 2.45) is 0 Å². The van der Waals surface area contributed by atoms with E-state index in [2.05, 4.69) is 0 Å². The molecule has 1 saturated heterocycles. The molecular formula is C19H19NO4. The van der Waals surface area contributed by atoms with Crippen LogP contribution in [0.3, 0.4) is 0 Å². The van der Waals surface area contributed by atoms with Crippen molar-refractivity contribution in [3.63, 3.8) is 0 Å². The van der Waals surface area contributed by atoms with Crippen molar-refractivity contribution < 1.29 is 19.4 Å². The van der Waals surface area contributed by atoms with E-state index in [1.165, 1.54) is 4.90 Å². The van der Waals surface area contributed by atoms with Crippen molar-refractivity contribution in [2.45, 2.75) is 24.9 Å². The number of ether oxygens (including phenoxy) is 1. The summed E-state index contributed by atoms with van der Waals surface area (Å²) in [6.45, 7) is 0.280. The second kappa shape index (κ2) is 6.35. The number of aliphatic carboxylic acids is 1. The van der Waals surface area contributed by atoms with Gasteiger partial charge in [0.05, 0.1) is 13.5 Å². The van der Waals surface area contributed by atoms with Crippen molar-refractivity contribution in [1.82, 2.24) is 4.90 Å². The Balaban J connectivity index is 1.83. The zero-order valence-corrected chi connectivity index (χ0v) is 13.4. The summed E-state index contributed by atoms with van der Waals surface area (Å²) in [6, 6.07) is 16.7. The predicted molar refractivity (Wildman–Crippen MR) is 88.7 cm³/mol. The molecule has 0 aliphatic carbocycles. The van der Waals surface area contributed by atoms with E-state index in [1.54, 1.807) is 19.2 Å². The molecule has 1 fully saturated rings. The number of benzene rings is 2. The largest absolute Gasteiger partial charge is 0.497 e. The van der Waals surface area contributed by atoms with Crippen molar-refractivity contribution in [3.05, 3.63) is 65.7 Å². The molecule has 124 valence electrons. The summed E-state index contributed by atoms with van der Waals surface area (Å²) in [5.74, 6) is -0.369. The highest BCUT2D eigenvalue weighted by Gasteiger charge is 2.56. The van der Waals surface area contributed by atoms with Gasteiger partial charge in [0, 0.05) is 13.0 Å². The lowest BCUT2D eigenvalue weighted by atomic mass is 9.78. The van der Waals surface area contributed by atoms with Crippen LogP contribution in [0.1, 0.15) is 17.5 Å². The molecule has 1 atom stereocenters. The minimum Gasteiger partial charge on any atom is -0.497 e. The molecule has 0 spiro atoms. The minimum absolute atomic E-state index is 0.0351. The monoisotopic (exact) mass is 325 g/mol. The fraction of sp³-hybridized carbons (Fsp3) is 0.263. The van der Waals surface area contributed by atoms with Gasteiger partial charge in [-0.2, -0.15) is 0 Å². The van der Waals surface area contributed by atoms with Crippen molar-refractivity contribution in [1.29, 1.82) is 0 Å². The highest BCUT2D eigenvalue weighted by Crippen LogP contribution is 2.37. The van der Waals surface area contributed by atoms with Crippen molar-refractivity contribution in [2.75, 3.05) is 7.11 Å². The summed E-state index contributed by atoms with van der Waals surface area (Å²) in [6.07, 6.45) is 0.346. The molecule has 1 aliphatic heterocycles. The third kappa shape index (κ3) is 2.85. The molecule has 3 rings (SSSR count). The van der Waals surface area contributed by atoms with Crippen LogP contribution in [0.15, 0.2) is 54.6 Å². The molecular weight excluding hydrogens is 306 g/mol. The zero-order chi connectivity index (χ0) is 17.2. The smallest absolute Gasteiger partial charge is 0.330 e. The van der Waals surface area contributed by atoms with Gasteiger partial charge in [0.15, 0.2) is 5.54 Å². The average Bonchev–Trinajstić information content (AvgIpc) is 2.60. The fourth-order valence-electron chi connectivity index (χ4n) is 3.10. The normalized spacial score (nSPS) is 19.7. The van der Waals surface area contributed by atoms with E-state index in [1.807, 2.05) is 42.5 Å². The molecule has 1 amide bonds. The second-order valence-corrected chi connectivity index (χ2v) is 6.00.